The Labute approximate surface area is 323 Å². The van der Waals surface area contributed by atoms with Crippen LogP contribution < -0.4 is 9.47 Å². The van der Waals surface area contributed by atoms with Crippen molar-refractivity contribution in [3.63, 3.8) is 0 Å². The van der Waals surface area contributed by atoms with Gasteiger partial charge in [-0.3, -0.25) is 19.4 Å². The van der Waals surface area contributed by atoms with Crippen molar-refractivity contribution < 1.29 is 29.3 Å². The summed E-state index contributed by atoms with van der Waals surface area (Å²) in [6.45, 7) is 7.86. The molecule has 8 nitrogen and oxygen atoms in total. The van der Waals surface area contributed by atoms with Crippen LogP contribution in [0.1, 0.15) is 71.9 Å². The largest absolute Gasteiger partial charge is 0.488 e. The Morgan fingerprint density at radius 2 is 1.08 bits per heavy atom. The zero-order valence-corrected chi connectivity index (χ0v) is 32.9. The van der Waals surface area contributed by atoms with Crippen LogP contribution in [0.5, 0.6) is 11.5 Å². The molecule has 2 N–H and O–H groups in total. The van der Waals surface area contributed by atoms with Gasteiger partial charge >= 0.3 is 11.9 Å². The number of hydrogen-bond acceptors (Lipinski definition) is 6. The van der Waals surface area contributed by atoms with Gasteiger partial charge in [0, 0.05) is 13.1 Å². The maximum absolute atomic E-state index is 11.8. The van der Waals surface area contributed by atoms with E-state index in [0.717, 1.165) is 104 Å². The summed E-state index contributed by atoms with van der Waals surface area (Å²) in [7, 11) is 0. The van der Waals surface area contributed by atoms with E-state index in [-0.39, 0.29) is 0 Å². The Balaban J connectivity index is 1.09. The van der Waals surface area contributed by atoms with Gasteiger partial charge in [-0.15, -0.1) is 0 Å². The molecule has 2 heterocycles. The quantitative estimate of drug-likeness (QED) is 0.138. The van der Waals surface area contributed by atoms with Crippen molar-refractivity contribution in [3.8, 4) is 22.6 Å². The predicted molar refractivity (Wildman–Crippen MR) is 210 cm³/mol. The minimum Gasteiger partial charge on any atom is -0.488 e. The highest BCUT2D eigenvalue weighted by Crippen LogP contribution is 2.34. The fourth-order valence-electron chi connectivity index (χ4n) is 7.48. The molecule has 0 aromatic heterocycles. The van der Waals surface area contributed by atoms with Gasteiger partial charge in [-0.25, -0.2) is 0 Å². The summed E-state index contributed by atoms with van der Waals surface area (Å²) in [4.78, 5) is 27.6. The molecule has 0 radical (unpaired) electrons. The Morgan fingerprint density at radius 1 is 0.654 bits per heavy atom. The minimum absolute atomic E-state index is 0.408. The second-order valence-corrected chi connectivity index (χ2v) is 15.6. The molecular formula is C42H46Br2N2O6. The molecule has 4 aromatic carbocycles. The zero-order valence-electron chi connectivity index (χ0n) is 29.7. The molecule has 0 amide bonds. The van der Waals surface area contributed by atoms with Gasteiger partial charge in [0.05, 0.1) is 8.95 Å². The molecule has 2 fully saturated rings. The van der Waals surface area contributed by atoms with Crippen molar-refractivity contribution >= 4 is 43.8 Å². The van der Waals surface area contributed by atoms with Crippen LogP contribution in [0.15, 0.2) is 81.7 Å². The number of benzene rings is 4. The second kappa shape index (κ2) is 17.4. The molecule has 2 aliphatic heterocycles. The average molecular weight is 835 g/mol. The molecule has 4 aromatic rings. The standard InChI is InChI=1S/C42H46Br2N2O6/c1-27-31(25-51-39-17-15-29(21-35(39)43)23-45-19-5-3-13-37(45)41(47)48)9-7-11-33(27)34-12-8-10-32(28(34)2)26-52-40-18-16-30(22-36(40)44)24-46-20-6-4-14-38(46)42(49)50/h7-12,15-18,21-22,37-38H,3-6,13-14,19-20,23-26H2,1-2H3,(H,47,48)(H,49,50)/t37-,38-/m1/s1. The van der Waals surface area contributed by atoms with Gasteiger partial charge < -0.3 is 19.7 Å². The van der Waals surface area contributed by atoms with E-state index in [1.165, 1.54) is 0 Å². The number of aliphatic carboxylic acids is 2. The first-order valence-electron chi connectivity index (χ1n) is 18.0. The average Bonchev–Trinajstić information content (AvgIpc) is 3.12. The molecule has 274 valence electrons. The topological polar surface area (TPSA) is 99.5 Å². The van der Waals surface area contributed by atoms with Crippen molar-refractivity contribution in [2.45, 2.75) is 90.8 Å². The first kappa shape index (κ1) is 38.0. The monoisotopic (exact) mass is 832 g/mol. The van der Waals surface area contributed by atoms with E-state index in [1.54, 1.807) is 0 Å². The van der Waals surface area contributed by atoms with Crippen molar-refractivity contribution in [2.75, 3.05) is 13.1 Å². The molecule has 0 spiro atoms. The number of carboxylic acids is 2. The number of halogens is 2. The Kier molecular flexibility index (Phi) is 12.7. The third kappa shape index (κ3) is 9.08. The van der Waals surface area contributed by atoms with Gasteiger partial charge in [-0.05, 0) is 153 Å². The van der Waals surface area contributed by atoms with Crippen molar-refractivity contribution in [3.05, 3.63) is 115 Å². The van der Waals surface area contributed by atoms with Crippen molar-refractivity contribution in [1.29, 1.82) is 0 Å². The van der Waals surface area contributed by atoms with E-state index >= 15 is 0 Å². The highest BCUT2D eigenvalue weighted by molar-refractivity contribution is 9.10. The summed E-state index contributed by atoms with van der Waals surface area (Å²) in [6.07, 6.45) is 5.34. The summed E-state index contributed by atoms with van der Waals surface area (Å²) >= 11 is 7.37. The third-order valence-electron chi connectivity index (χ3n) is 10.5. The Bertz CT molecular complexity index is 1780. The molecule has 2 saturated heterocycles. The van der Waals surface area contributed by atoms with Crippen LogP contribution in [-0.2, 0) is 35.9 Å². The van der Waals surface area contributed by atoms with Crippen LogP contribution in [0.25, 0.3) is 11.1 Å². The van der Waals surface area contributed by atoms with E-state index < -0.39 is 24.0 Å². The van der Waals surface area contributed by atoms with Crippen LogP contribution in [0.2, 0.25) is 0 Å². The fourth-order valence-corrected chi connectivity index (χ4v) is 8.56. The van der Waals surface area contributed by atoms with Crippen LogP contribution in [0, 0.1) is 13.8 Å². The predicted octanol–water partition coefficient (Wildman–Crippen LogP) is 9.53. The summed E-state index contributed by atoms with van der Waals surface area (Å²) in [5.41, 5.74) is 8.89. The molecule has 2 aliphatic rings. The first-order valence-corrected chi connectivity index (χ1v) is 19.6. The van der Waals surface area contributed by atoms with Gasteiger partial charge in [0.15, 0.2) is 0 Å². The third-order valence-corrected chi connectivity index (χ3v) is 11.7. The number of likely N-dealkylation sites (tertiary alicyclic amines) is 2. The number of piperidine rings is 2. The van der Waals surface area contributed by atoms with E-state index in [2.05, 4.69) is 91.9 Å². The molecule has 2 atom stereocenters. The van der Waals surface area contributed by atoms with Crippen LogP contribution in [0.3, 0.4) is 0 Å². The Hall–Kier alpha value is -3.70. The molecular weight excluding hydrogens is 788 g/mol. The summed E-state index contributed by atoms with van der Waals surface area (Å²) in [5.74, 6) is -0.00511. The van der Waals surface area contributed by atoms with Crippen molar-refractivity contribution in [2.24, 2.45) is 0 Å². The zero-order chi connectivity index (χ0) is 36.8. The summed E-state index contributed by atoms with van der Waals surface area (Å²) < 4.78 is 14.3. The summed E-state index contributed by atoms with van der Waals surface area (Å²) in [6, 6.07) is 23.8. The van der Waals surface area contributed by atoms with Crippen LogP contribution >= 0.6 is 31.9 Å². The van der Waals surface area contributed by atoms with Gasteiger partial charge in [0.25, 0.3) is 0 Å². The molecule has 0 bridgehead atoms. The lowest BCUT2D eigenvalue weighted by Crippen LogP contribution is -2.43. The lowest BCUT2D eigenvalue weighted by atomic mass is 9.92. The normalized spacial score (nSPS) is 18.2. The second-order valence-electron chi connectivity index (χ2n) is 13.9. The van der Waals surface area contributed by atoms with Gasteiger partial charge in [0.1, 0.15) is 36.8 Å². The number of hydrogen-bond donors (Lipinski definition) is 2. The van der Waals surface area contributed by atoms with Crippen LogP contribution in [-0.4, -0.2) is 57.1 Å². The number of rotatable bonds is 13. The number of nitrogens with zero attached hydrogens (tertiary/aromatic N) is 2. The van der Waals surface area contributed by atoms with Gasteiger partial charge in [-0.1, -0.05) is 61.4 Å². The lowest BCUT2D eigenvalue weighted by Gasteiger charge is -2.32. The number of carboxylic acid groups (broad SMARTS) is 2. The maximum Gasteiger partial charge on any atom is 0.320 e. The van der Waals surface area contributed by atoms with Crippen molar-refractivity contribution in [1.82, 2.24) is 9.80 Å². The molecule has 52 heavy (non-hydrogen) atoms. The van der Waals surface area contributed by atoms with E-state index in [4.69, 9.17) is 9.47 Å². The number of carbonyl (C=O) groups is 2. The molecule has 10 heteroatoms. The molecule has 0 unspecified atom stereocenters. The maximum atomic E-state index is 11.8. The summed E-state index contributed by atoms with van der Waals surface area (Å²) in [5, 5.41) is 19.3. The van der Waals surface area contributed by atoms with E-state index in [1.807, 2.05) is 36.4 Å². The minimum atomic E-state index is -0.746. The fraction of sp³-hybridized carbons (Fsp3) is 0.381. The van der Waals surface area contributed by atoms with E-state index in [9.17, 15) is 19.8 Å². The molecule has 0 saturated carbocycles. The van der Waals surface area contributed by atoms with Gasteiger partial charge in [0.2, 0.25) is 0 Å². The SMILES string of the molecule is Cc1c(COc2ccc(CN3CCCC[C@@H]3C(=O)O)cc2Br)cccc1-c1cccc(COc2ccc(CN3CCCC[C@@H]3C(=O)O)cc2Br)c1C. The van der Waals surface area contributed by atoms with E-state index in [0.29, 0.717) is 39.1 Å². The van der Waals surface area contributed by atoms with Gasteiger partial charge in [-0.2, -0.15) is 0 Å². The smallest absolute Gasteiger partial charge is 0.320 e. The molecule has 0 aliphatic carbocycles. The van der Waals surface area contributed by atoms with Crippen LogP contribution in [0.4, 0.5) is 0 Å². The first-order chi connectivity index (χ1) is 25.1. The highest BCUT2D eigenvalue weighted by atomic mass is 79.9. The lowest BCUT2D eigenvalue weighted by molar-refractivity contribution is -0.145. The Morgan fingerprint density at radius 3 is 1.46 bits per heavy atom. The highest BCUT2D eigenvalue weighted by Gasteiger charge is 2.29. The molecule has 6 rings (SSSR count). The number of ether oxygens (including phenoxy) is 2.